The van der Waals surface area contributed by atoms with Crippen LogP contribution in [-0.4, -0.2) is 67.3 Å². The molecule has 1 saturated heterocycles. The third-order valence-corrected chi connectivity index (χ3v) is 6.48. The highest BCUT2D eigenvalue weighted by molar-refractivity contribution is 7.15. The molecule has 0 radical (unpaired) electrons. The molecule has 2 N–H and O–H groups in total. The second kappa shape index (κ2) is 10.3. The van der Waals surface area contributed by atoms with E-state index in [0.29, 0.717) is 17.3 Å². The van der Waals surface area contributed by atoms with Crippen LogP contribution in [0.1, 0.15) is 29.6 Å². The van der Waals surface area contributed by atoms with Crippen LogP contribution in [0.5, 0.6) is 5.75 Å². The standard InChI is InChI=1S/C23H24FN7O3S/c1-12-21(35-14(3)28-12)30-23-27-11-26-20(29-23)15-4-5-18(16(8-15)9-25)34-19-6-7-31(10-17(19)24)22(33)13(2)32/h4-5,8,11,13,17,19,32H,6-7,10H2,1-3H3,(H,26,27,29,30)/t13-,17-,19-/m0/s1. The molecule has 1 fully saturated rings. The molecule has 2 aromatic heterocycles. The largest absolute Gasteiger partial charge is 0.486 e. The van der Waals surface area contributed by atoms with Crippen molar-refractivity contribution in [1.29, 1.82) is 5.26 Å². The van der Waals surface area contributed by atoms with Crippen LogP contribution in [0.4, 0.5) is 15.3 Å². The molecule has 4 rings (SSSR count). The average molecular weight is 498 g/mol. The van der Waals surface area contributed by atoms with Gasteiger partial charge in [0, 0.05) is 18.5 Å². The molecule has 0 unspecified atom stereocenters. The highest BCUT2D eigenvalue weighted by Gasteiger charge is 2.34. The van der Waals surface area contributed by atoms with E-state index in [4.69, 9.17) is 4.74 Å². The summed E-state index contributed by atoms with van der Waals surface area (Å²) < 4.78 is 20.5. The first-order chi connectivity index (χ1) is 16.7. The van der Waals surface area contributed by atoms with Gasteiger partial charge in [0.1, 0.15) is 35.4 Å². The third-order valence-electron chi connectivity index (χ3n) is 5.49. The number of nitrogens with zero attached hydrogens (tertiary/aromatic N) is 6. The van der Waals surface area contributed by atoms with Gasteiger partial charge in [-0.1, -0.05) is 0 Å². The molecular weight excluding hydrogens is 473 g/mol. The summed E-state index contributed by atoms with van der Waals surface area (Å²) in [5, 5.41) is 24.0. The van der Waals surface area contributed by atoms with E-state index in [1.807, 2.05) is 13.8 Å². The first-order valence-corrected chi connectivity index (χ1v) is 11.8. The lowest BCUT2D eigenvalue weighted by Gasteiger charge is -2.35. The Bertz CT molecular complexity index is 1280. The van der Waals surface area contributed by atoms with Gasteiger partial charge >= 0.3 is 0 Å². The first kappa shape index (κ1) is 24.4. The number of piperidine rings is 1. The molecule has 10 nitrogen and oxygen atoms in total. The van der Waals surface area contributed by atoms with E-state index in [9.17, 15) is 19.6 Å². The number of thiazole rings is 1. The average Bonchev–Trinajstić information content (AvgIpc) is 3.16. The van der Waals surface area contributed by atoms with Crippen molar-refractivity contribution in [3.8, 4) is 23.2 Å². The Morgan fingerprint density at radius 3 is 2.83 bits per heavy atom. The molecule has 0 saturated carbocycles. The lowest BCUT2D eigenvalue weighted by atomic mass is 10.0. The van der Waals surface area contributed by atoms with Gasteiger partial charge in [0.05, 0.1) is 22.8 Å². The molecule has 3 aromatic rings. The number of amides is 1. The molecule has 0 aliphatic carbocycles. The second-order valence-electron chi connectivity index (χ2n) is 8.15. The monoisotopic (exact) mass is 497 g/mol. The van der Waals surface area contributed by atoms with Crippen molar-refractivity contribution in [2.45, 2.75) is 45.6 Å². The van der Waals surface area contributed by atoms with Crippen molar-refractivity contribution in [2.75, 3.05) is 18.4 Å². The number of carbonyl (C=O) groups is 1. The highest BCUT2D eigenvalue weighted by atomic mass is 32.1. The number of carbonyl (C=O) groups excluding carboxylic acids is 1. The molecule has 3 heterocycles. The number of ether oxygens (including phenoxy) is 1. The third kappa shape index (κ3) is 5.52. The molecule has 1 aliphatic rings. The Balaban J connectivity index is 1.49. The number of aromatic nitrogens is 4. The van der Waals surface area contributed by atoms with Gasteiger partial charge in [-0.2, -0.15) is 10.2 Å². The van der Waals surface area contributed by atoms with E-state index in [1.165, 1.54) is 29.5 Å². The van der Waals surface area contributed by atoms with Crippen molar-refractivity contribution in [1.82, 2.24) is 24.8 Å². The number of nitrogens with one attached hydrogen (secondary N) is 1. The molecule has 3 atom stereocenters. The fraction of sp³-hybridized carbons (Fsp3) is 0.391. The minimum absolute atomic E-state index is 0.173. The summed E-state index contributed by atoms with van der Waals surface area (Å²) in [6.45, 7) is 5.24. The minimum Gasteiger partial charge on any atom is -0.486 e. The van der Waals surface area contributed by atoms with Gasteiger partial charge in [0.2, 0.25) is 5.95 Å². The van der Waals surface area contributed by atoms with Gasteiger partial charge in [0.15, 0.2) is 12.0 Å². The van der Waals surface area contributed by atoms with Crippen LogP contribution < -0.4 is 10.1 Å². The van der Waals surface area contributed by atoms with Crippen LogP contribution in [0.15, 0.2) is 24.5 Å². The van der Waals surface area contributed by atoms with E-state index in [1.54, 1.807) is 18.2 Å². The van der Waals surface area contributed by atoms with Gasteiger partial charge in [-0.15, -0.1) is 11.3 Å². The molecule has 12 heteroatoms. The molecular formula is C23H24FN7O3S. The van der Waals surface area contributed by atoms with E-state index in [2.05, 4.69) is 31.3 Å². The van der Waals surface area contributed by atoms with Crippen molar-refractivity contribution >= 4 is 28.2 Å². The van der Waals surface area contributed by atoms with Crippen molar-refractivity contribution in [3.63, 3.8) is 0 Å². The van der Waals surface area contributed by atoms with Crippen LogP contribution in [-0.2, 0) is 4.79 Å². The van der Waals surface area contributed by atoms with Gasteiger partial charge in [-0.05, 0) is 39.0 Å². The van der Waals surface area contributed by atoms with Crippen molar-refractivity contribution < 1.29 is 19.0 Å². The Labute approximate surface area is 205 Å². The molecule has 35 heavy (non-hydrogen) atoms. The molecule has 0 spiro atoms. The smallest absolute Gasteiger partial charge is 0.251 e. The van der Waals surface area contributed by atoms with E-state index < -0.39 is 24.3 Å². The summed E-state index contributed by atoms with van der Waals surface area (Å²) >= 11 is 1.49. The fourth-order valence-corrected chi connectivity index (χ4v) is 4.56. The molecule has 1 aliphatic heterocycles. The number of hydrogen-bond donors (Lipinski definition) is 2. The maximum Gasteiger partial charge on any atom is 0.251 e. The number of nitriles is 1. The number of likely N-dealkylation sites (tertiary alicyclic amines) is 1. The van der Waals surface area contributed by atoms with Gasteiger partial charge in [0.25, 0.3) is 5.91 Å². The van der Waals surface area contributed by atoms with E-state index >= 15 is 0 Å². The predicted octanol–water partition coefficient (Wildman–Crippen LogP) is 2.93. The van der Waals surface area contributed by atoms with Crippen LogP contribution in [0, 0.1) is 25.2 Å². The number of anilines is 2. The maximum atomic E-state index is 14.7. The van der Waals surface area contributed by atoms with Gasteiger partial charge < -0.3 is 20.1 Å². The van der Waals surface area contributed by atoms with Crippen molar-refractivity contribution in [3.05, 3.63) is 40.8 Å². The summed E-state index contributed by atoms with van der Waals surface area (Å²) in [5.74, 6) is 0.430. The number of benzene rings is 1. The second-order valence-corrected chi connectivity index (χ2v) is 9.35. The number of rotatable bonds is 6. The van der Waals surface area contributed by atoms with Crippen LogP contribution in [0.3, 0.4) is 0 Å². The minimum atomic E-state index is -1.45. The summed E-state index contributed by atoms with van der Waals surface area (Å²) in [5.41, 5.74) is 1.63. The maximum absolute atomic E-state index is 14.7. The zero-order valence-corrected chi connectivity index (χ0v) is 20.2. The zero-order chi connectivity index (χ0) is 25.1. The molecule has 182 valence electrons. The van der Waals surface area contributed by atoms with Gasteiger partial charge in [-0.25, -0.2) is 19.3 Å². The number of aryl methyl sites for hydroxylation is 2. The topological polar surface area (TPSA) is 137 Å². The summed E-state index contributed by atoms with van der Waals surface area (Å²) in [6.07, 6.45) is -1.83. The first-order valence-electron chi connectivity index (χ1n) is 11.0. The number of aliphatic hydroxyl groups excluding tert-OH is 1. The summed E-state index contributed by atoms with van der Waals surface area (Å²) in [6, 6.07) is 6.93. The number of halogens is 1. The fourth-order valence-electron chi connectivity index (χ4n) is 3.75. The highest BCUT2D eigenvalue weighted by Crippen LogP contribution is 2.29. The molecule has 1 amide bonds. The molecule has 1 aromatic carbocycles. The Morgan fingerprint density at radius 1 is 1.37 bits per heavy atom. The summed E-state index contributed by atoms with van der Waals surface area (Å²) in [7, 11) is 0. The Hall–Kier alpha value is -3.69. The van der Waals surface area contributed by atoms with Crippen LogP contribution in [0.2, 0.25) is 0 Å². The van der Waals surface area contributed by atoms with E-state index in [0.717, 1.165) is 15.7 Å². The number of aliphatic hydroxyl groups is 1. The predicted molar refractivity (Wildman–Crippen MR) is 127 cm³/mol. The van der Waals surface area contributed by atoms with E-state index in [-0.39, 0.29) is 30.8 Å². The number of alkyl halides is 1. The molecule has 0 bridgehead atoms. The normalized spacial score (nSPS) is 18.6. The van der Waals surface area contributed by atoms with Crippen LogP contribution >= 0.6 is 11.3 Å². The van der Waals surface area contributed by atoms with Gasteiger partial charge in [-0.3, -0.25) is 4.79 Å². The zero-order valence-electron chi connectivity index (χ0n) is 19.4. The summed E-state index contributed by atoms with van der Waals surface area (Å²) in [4.78, 5) is 30.4. The van der Waals surface area contributed by atoms with Crippen LogP contribution in [0.25, 0.3) is 11.4 Å². The van der Waals surface area contributed by atoms with Crippen molar-refractivity contribution in [2.24, 2.45) is 0 Å². The number of hydrogen-bond acceptors (Lipinski definition) is 10. The quantitative estimate of drug-likeness (QED) is 0.526. The lowest BCUT2D eigenvalue weighted by molar-refractivity contribution is -0.143. The SMILES string of the molecule is Cc1nc(C)c(Nc2ncnc(-c3ccc(O[C@H]4CCN(C(=O)[C@H](C)O)C[C@@H]4F)c(C#N)c3)n2)s1. The Morgan fingerprint density at radius 2 is 2.17 bits per heavy atom. The Kier molecular flexibility index (Phi) is 7.18. The lowest BCUT2D eigenvalue weighted by Crippen LogP contribution is -2.51.